The number of hydrogen-bond acceptors (Lipinski definition) is 3. The molecule has 0 saturated heterocycles. The molecule has 5 heteroatoms. The number of hydrogen-bond donors (Lipinski definition) is 3. The summed E-state index contributed by atoms with van der Waals surface area (Å²) in [5.74, 6) is -0.194. The number of rotatable bonds is 7. The zero-order chi connectivity index (χ0) is 15.1. The number of aliphatic carboxylic acids is 1. The first-order valence-corrected chi connectivity index (χ1v) is 7.65. The molecule has 0 heterocycles. The van der Waals surface area contributed by atoms with Crippen LogP contribution >= 0.6 is 0 Å². The number of amides is 1. The number of carboxylic acids is 1. The van der Waals surface area contributed by atoms with Crippen LogP contribution in [0.3, 0.4) is 0 Å². The Morgan fingerprint density at radius 1 is 1.25 bits per heavy atom. The Kier molecular flexibility index (Phi) is 6.99. The van der Waals surface area contributed by atoms with Crippen molar-refractivity contribution in [1.82, 2.24) is 10.6 Å². The minimum atomic E-state index is -0.891. The van der Waals surface area contributed by atoms with Gasteiger partial charge in [0.15, 0.2) is 0 Å². The maximum absolute atomic E-state index is 11.9. The van der Waals surface area contributed by atoms with Gasteiger partial charge < -0.3 is 10.4 Å². The Morgan fingerprint density at radius 2 is 1.90 bits per heavy atom. The fraction of sp³-hybridized carbons (Fsp3) is 0.867. The Morgan fingerprint density at radius 3 is 2.45 bits per heavy atom. The van der Waals surface area contributed by atoms with E-state index < -0.39 is 12.0 Å². The molecule has 5 nitrogen and oxygen atoms in total. The van der Waals surface area contributed by atoms with Gasteiger partial charge >= 0.3 is 5.97 Å². The normalized spacial score (nSPS) is 24.4. The second kappa shape index (κ2) is 8.25. The highest BCUT2D eigenvalue weighted by Crippen LogP contribution is 2.23. The van der Waals surface area contributed by atoms with Gasteiger partial charge in [0.25, 0.3) is 0 Å². The topological polar surface area (TPSA) is 78.4 Å². The fourth-order valence-corrected chi connectivity index (χ4v) is 2.75. The average molecular weight is 284 g/mol. The molecule has 1 aliphatic carbocycles. The van der Waals surface area contributed by atoms with Crippen molar-refractivity contribution in [2.24, 2.45) is 11.8 Å². The van der Waals surface area contributed by atoms with Gasteiger partial charge in [-0.15, -0.1) is 0 Å². The lowest BCUT2D eigenvalue weighted by Gasteiger charge is -2.29. The highest BCUT2D eigenvalue weighted by molar-refractivity contribution is 5.80. The third-order valence-electron chi connectivity index (χ3n) is 3.97. The van der Waals surface area contributed by atoms with E-state index in [1.807, 2.05) is 13.8 Å². The molecule has 0 bridgehead atoms. The maximum atomic E-state index is 11.9. The molecule has 1 saturated carbocycles. The minimum absolute atomic E-state index is 0.0763. The monoisotopic (exact) mass is 284 g/mol. The van der Waals surface area contributed by atoms with Crippen molar-refractivity contribution in [1.29, 1.82) is 0 Å². The van der Waals surface area contributed by atoms with E-state index in [1.54, 1.807) is 0 Å². The molecule has 0 aromatic heterocycles. The molecular weight excluding hydrogens is 256 g/mol. The predicted molar refractivity (Wildman–Crippen MR) is 78.4 cm³/mol. The summed E-state index contributed by atoms with van der Waals surface area (Å²) in [6, 6.07) is -0.407. The molecule has 0 radical (unpaired) electrons. The van der Waals surface area contributed by atoms with Crippen LogP contribution in [0, 0.1) is 11.8 Å². The molecule has 20 heavy (non-hydrogen) atoms. The van der Waals surface area contributed by atoms with Crippen molar-refractivity contribution in [2.75, 3.05) is 6.54 Å². The van der Waals surface area contributed by atoms with E-state index in [0.29, 0.717) is 12.3 Å². The van der Waals surface area contributed by atoms with Crippen LogP contribution < -0.4 is 10.6 Å². The number of carboxylic acid groups (broad SMARTS) is 1. The van der Waals surface area contributed by atoms with Gasteiger partial charge in [0.05, 0.1) is 6.54 Å². The van der Waals surface area contributed by atoms with E-state index in [4.69, 9.17) is 5.11 Å². The average Bonchev–Trinajstić information content (AvgIpc) is 2.36. The Bertz CT molecular complexity index is 331. The van der Waals surface area contributed by atoms with Crippen LogP contribution in [0.15, 0.2) is 0 Å². The maximum Gasteiger partial charge on any atom is 0.320 e. The van der Waals surface area contributed by atoms with Gasteiger partial charge in [0.2, 0.25) is 5.91 Å². The minimum Gasteiger partial charge on any atom is -0.480 e. The van der Waals surface area contributed by atoms with Gasteiger partial charge in [-0.2, -0.15) is 0 Å². The Hall–Kier alpha value is -1.10. The molecule has 1 rings (SSSR count). The quantitative estimate of drug-likeness (QED) is 0.666. The second-order valence-electron chi connectivity index (χ2n) is 6.34. The molecular formula is C15H28N2O3. The van der Waals surface area contributed by atoms with Crippen LogP contribution in [0.25, 0.3) is 0 Å². The molecule has 1 aliphatic rings. The zero-order valence-electron chi connectivity index (χ0n) is 12.8. The number of carbonyl (C=O) groups excluding carboxylic acids is 1. The summed E-state index contributed by atoms with van der Waals surface area (Å²) in [5, 5.41) is 15.0. The summed E-state index contributed by atoms with van der Waals surface area (Å²) in [6.07, 6.45) is 5.11. The van der Waals surface area contributed by atoms with Gasteiger partial charge in [-0.05, 0) is 31.1 Å². The molecule has 1 amide bonds. The van der Waals surface area contributed by atoms with Gasteiger partial charge in [-0.1, -0.05) is 33.6 Å². The molecule has 116 valence electrons. The zero-order valence-corrected chi connectivity index (χ0v) is 12.8. The van der Waals surface area contributed by atoms with Crippen LogP contribution in [0.1, 0.15) is 52.9 Å². The van der Waals surface area contributed by atoms with E-state index in [1.165, 1.54) is 6.42 Å². The number of nitrogens with one attached hydrogen (secondary N) is 2. The van der Waals surface area contributed by atoms with Crippen LogP contribution in [0.4, 0.5) is 0 Å². The second-order valence-corrected chi connectivity index (χ2v) is 6.34. The van der Waals surface area contributed by atoms with Gasteiger partial charge in [-0.3, -0.25) is 14.9 Å². The summed E-state index contributed by atoms with van der Waals surface area (Å²) in [4.78, 5) is 23.0. The molecule has 3 N–H and O–H groups in total. The highest BCUT2D eigenvalue weighted by Gasteiger charge is 2.24. The van der Waals surface area contributed by atoms with Gasteiger partial charge in [0.1, 0.15) is 6.04 Å². The summed E-state index contributed by atoms with van der Waals surface area (Å²) in [5.41, 5.74) is 0. The van der Waals surface area contributed by atoms with Crippen LogP contribution in [0.5, 0.6) is 0 Å². The van der Waals surface area contributed by atoms with E-state index in [2.05, 4.69) is 17.6 Å². The lowest BCUT2D eigenvalue weighted by molar-refractivity contribution is -0.140. The van der Waals surface area contributed by atoms with Crippen LogP contribution in [-0.4, -0.2) is 35.6 Å². The smallest absolute Gasteiger partial charge is 0.320 e. The van der Waals surface area contributed by atoms with Crippen molar-refractivity contribution in [2.45, 2.75) is 65.0 Å². The lowest BCUT2D eigenvalue weighted by Crippen LogP contribution is -2.48. The highest BCUT2D eigenvalue weighted by atomic mass is 16.4. The van der Waals surface area contributed by atoms with Crippen molar-refractivity contribution in [3.8, 4) is 0 Å². The Labute approximate surface area is 121 Å². The molecule has 0 aromatic rings. The first kappa shape index (κ1) is 17.0. The van der Waals surface area contributed by atoms with Gasteiger partial charge in [-0.25, -0.2) is 0 Å². The van der Waals surface area contributed by atoms with E-state index in [-0.39, 0.29) is 24.4 Å². The third-order valence-corrected chi connectivity index (χ3v) is 3.97. The van der Waals surface area contributed by atoms with E-state index in [0.717, 1.165) is 19.3 Å². The Balaban J connectivity index is 2.35. The van der Waals surface area contributed by atoms with E-state index >= 15 is 0 Å². The molecule has 0 spiro atoms. The van der Waals surface area contributed by atoms with Gasteiger partial charge in [0, 0.05) is 6.04 Å². The lowest BCUT2D eigenvalue weighted by atomic mass is 9.86. The molecule has 3 unspecified atom stereocenters. The standard InChI is InChI=1S/C15H28N2O3/c1-10(2)8-13(15(19)20)16-9-14(18)17-12-7-5-4-6-11(12)3/h10-13,16H,4-9H2,1-3H3,(H,17,18)(H,19,20). The van der Waals surface area contributed by atoms with Crippen molar-refractivity contribution in [3.05, 3.63) is 0 Å². The summed E-state index contributed by atoms with van der Waals surface area (Å²) < 4.78 is 0. The molecule has 3 atom stereocenters. The predicted octanol–water partition coefficient (Wildman–Crippen LogP) is 1.77. The third kappa shape index (κ3) is 5.90. The van der Waals surface area contributed by atoms with E-state index in [9.17, 15) is 9.59 Å². The first-order valence-electron chi connectivity index (χ1n) is 7.65. The van der Waals surface area contributed by atoms with Crippen LogP contribution in [0.2, 0.25) is 0 Å². The number of carbonyl (C=O) groups is 2. The molecule has 1 fully saturated rings. The van der Waals surface area contributed by atoms with Crippen molar-refractivity contribution >= 4 is 11.9 Å². The SMILES string of the molecule is CC(C)CC(NCC(=O)NC1CCCCC1C)C(=O)O. The first-order chi connectivity index (χ1) is 9.40. The molecule has 0 aromatic carbocycles. The summed E-state index contributed by atoms with van der Waals surface area (Å²) >= 11 is 0. The van der Waals surface area contributed by atoms with Crippen molar-refractivity contribution < 1.29 is 14.7 Å². The van der Waals surface area contributed by atoms with Crippen molar-refractivity contribution in [3.63, 3.8) is 0 Å². The molecule has 0 aliphatic heterocycles. The largest absolute Gasteiger partial charge is 0.480 e. The fourth-order valence-electron chi connectivity index (χ4n) is 2.75. The summed E-state index contributed by atoms with van der Waals surface area (Å²) in [6.45, 7) is 6.19. The summed E-state index contributed by atoms with van der Waals surface area (Å²) in [7, 11) is 0. The van der Waals surface area contributed by atoms with Crippen LogP contribution in [-0.2, 0) is 9.59 Å².